The van der Waals surface area contributed by atoms with E-state index in [-0.39, 0.29) is 0 Å². The second-order valence-corrected chi connectivity index (χ2v) is 8.45. The van der Waals surface area contributed by atoms with Crippen LogP contribution in [0.2, 0.25) is 0 Å². The van der Waals surface area contributed by atoms with Crippen molar-refractivity contribution >= 4 is 0 Å². The van der Waals surface area contributed by atoms with Crippen molar-refractivity contribution in [2.24, 2.45) is 5.92 Å². The fourth-order valence-corrected chi connectivity index (χ4v) is 3.90. The lowest BCUT2D eigenvalue weighted by Gasteiger charge is -2.46. The van der Waals surface area contributed by atoms with E-state index >= 15 is 0 Å². The Labute approximate surface area is 157 Å². The first-order chi connectivity index (χ1) is 12.1. The summed E-state index contributed by atoms with van der Waals surface area (Å²) in [6, 6.07) is 0. The van der Waals surface area contributed by atoms with Crippen LogP contribution in [0, 0.1) is 5.92 Å². The average Bonchev–Trinajstić information content (AvgIpc) is 2.58. The van der Waals surface area contributed by atoms with Gasteiger partial charge in [0.1, 0.15) is 18.3 Å². The minimum Gasteiger partial charge on any atom is -0.388 e. The Hall–Kier alpha value is -0.720. The molecule has 0 aromatic rings. The van der Waals surface area contributed by atoms with E-state index < -0.39 is 36.3 Å². The van der Waals surface area contributed by atoms with Crippen molar-refractivity contribution in [2.75, 3.05) is 0 Å². The normalized spacial score (nSPS) is 37.6. The zero-order valence-corrected chi connectivity index (χ0v) is 16.8. The van der Waals surface area contributed by atoms with Gasteiger partial charge in [-0.1, -0.05) is 23.3 Å². The van der Waals surface area contributed by atoms with Crippen molar-refractivity contribution in [2.45, 2.75) is 103 Å². The molecule has 0 radical (unpaired) electrons. The molecule has 1 fully saturated rings. The van der Waals surface area contributed by atoms with Gasteiger partial charge in [0.25, 0.3) is 0 Å². The maximum Gasteiger partial charge on any atom is 0.187 e. The fourth-order valence-electron chi connectivity index (χ4n) is 3.90. The molecule has 1 aliphatic carbocycles. The first-order valence-electron chi connectivity index (χ1n) is 9.80. The van der Waals surface area contributed by atoms with E-state index in [0.29, 0.717) is 5.92 Å². The van der Waals surface area contributed by atoms with E-state index in [1.165, 1.54) is 11.1 Å². The summed E-state index contributed by atoms with van der Waals surface area (Å²) in [5, 5.41) is 30.4. The predicted octanol–water partition coefficient (Wildman–Crippen LogP) is 3.08. The summed E-state index contributed by atoms with van der Waals surface area (Å²) in [7, 11) is 0. The summed E-state index contributed by atoms with van der Waals surface area (Å²) in [4.78, 5) is 0. The molecular weight excluding hydrogens is 332 g/mol. The predicted molar refractivity (Wildman–Crippen MR) is 102 cm³/mol. The molecule has 5 heteroatoms. The van der Waals surface area contributed by atoms with Crippen molar-refractivity contribution in [3.8, 4) is 0 Å². The molecule has 1 heterocycles. The summed E-state index contributed by atoms with van der Waals surface area (Å²) < 4.78 is 12.0. The van der Waals surface area contributed by atoms with Crippen molar-refractivity contribution in [3.63, 3.8) is 0 Å². The lowest BCUT2D eigenvalue weighted by molar-refractivity contribution is -0.325. The van der Waals surface area contributed by atoms with E-state index in [1.54, 1.807) is 6.92 Å². The van der Waals surface area contributed by atoms with E-state index in [0.717, 1.165) is 32.1 Å². The zero-order chi connectivity index (χ0) is 19.5. The van der Waals surface area contributed by atoms with Crippen molar-refractivity contribution < 1.29 is 24.8 Å². The van der Waals surface area contributed by atoms with E-state index in [2.05, 4.69) is 39.8 Å². The van der Waals surface area contributed by atoms with Gasteiger partial charge in [0, 0.05) is 0 Å². The van der Waals surface area contributed by atoms with Crippen LogP contribution < -0.4 is 0 Å². The van der Waals surface area contributed by atoms with Crippen LogP contribution in [0.5, 0.6) is 0 Å². The number of allylic oxidation sites excluding steroid dienone is 4. The molecule has 0 amide bonds. The average molecular weight is 369 g/mol. The highest BCUT2D eigenvalue weighted by Crippen LogP contribution is 2.40. The number of hydrogen-bond donors (Lipinski definition) is 3. The molecule has 0 bridgehead atoms. The van der Waals surface area contributed by atoms with Crippen LogP contribution in [-0.4, -0.2) is 51.6 Å². The number of rotatable bonds is 6. The molecule has 0 spiro atoms. The third-order valence-electron chi connectivity index (χ3n) is 5.89. The second kappa shape index (κ2) is 8.98. The molecule has 26 heavy (non-hydrogen) atoms. The minimum absolute atomic E-state index is 0.326. The Bertz CT molecular complexity index is 524. The smallest absolute Gasteiger partial charge is 0.187 e. The topological polar surface area (TPSA) is 79.2 Å². The van der Waals surface area contributed by atoms with Gasteiger partial charge in [0.2, 0.25) is 0 Å². The van der Waals surface area contributed by atoms with Crippen LogP contribution in [0.1, 0.15) is 66.7 Å². The fraction of sp³-hybridized carbons (Fsp3) is 0.810. The van der Waals surface area contributed by atoms with Gasteiger partial charge >= 0.3 is 0 Å². The van der Waals surface area contributed by atoms with E-state index in [1.807, 2.05) is 0 Å². The molecule has 0 unspecified atom stereocenters. The van der Waals surface area contributed by atoms with Gasteiger partial charge in [-0.15, -0.1) is 0 Å². The quantitative estimate of drug-likeness (QED) is 0.628. The van der Waals surface area contributed by atoms with Crippen LogP contribution >= 0.6 is 0 Å². The van der Waals surface area contributed by atoms with Crippen LogP contribution in [0.3, 0.4) is 0 Å². The van der Waals surface area contributed by atoms with Gasteiger partial charge in [-0.05, 0) is 72.6 Å². The summed E-state index contributed by atoms with van der Waals surface area (Å²) in [6.07, 6.45) is 4.06. The summed E-state index contributed by atoms with van der Waals surface area (Å²) in [5.41, 5.74) is 2.21. The molecule has 2 aliphatic rings. The van der Waals surface area contributed by atoms with Gasteiger partial charge in [-0.3, -0.25) is 0 Å². The summed E-state index contributed by atoms with van der Waals surface area (Å²) in [5.74, 6) is 0.326. The van der Waals surface area contributed by atoms with Gasteiger partial charge in [-0.25, -0.2) is 0 Å². The molecule has 3 N–H and O–H groups in total. The van der Waals surface area contributed by atoms with E-state index in [4.69, 9.17) is 9.47 Å². The highest BCUT2D eigenvalue weighted by Gasteiger charge is 2.46. The number of aliphatic hydroxyl groups excluding tert-OH is 3. The van der Waals surface area contributed by atoms with Crippen molar-refractivity contribution in [1.82, 2.24) is 0 Å². The van der Waals surface area contributed by atoms with Gasteiger partial charge < -0.3 is 24.8 Å². The lowest BCUT2D eigenvalue weighted by atomic mass is 9.76. The van der Waals surface area contributed by atoms with Crippen LogP contribution in [0.25, 0.3) is 0 Å². The van der Waals surface area contributed by atoms with Crippen LogP contribution in [0.4, 0.5) is 0 Å². The molecule has 1 aliphatic heterocycles. The number of ether oxygens (including phenoxy) is 2. The molecule has 0 aromatic heterocycles. The Morgan fingerprint density at radius 3 is 2.54 bits per heavy atom. The van der Waals surface area contributed by atoms with Gasteiger partial charge in [-0.2, -0.15) is 0 Å². The Balaban J connectivity index is 2.16. The van der Waals surface area contributed by atoms with E-state index in [9.17, 15) is 15.3 Å². The lowest BCUT2D eigenvalue weighted by Crippen LogP contribution is -2.59. The van der Waals surface area contributed by atoms with Crippen LogP contribution in [-0.2, 0) is 9.47 Å². The molecule has 0 aromatic carbocycles. The molecule has 0 saturated carbocycles. The third-order valence-corrected chi connectivity index (χ3v) is 5.89. The third kappa shape index (κ3) is 5.17. The summed E-state index contributed by atoms with van der Waals surface area (Å²) >= 11 is 0. The maximum absolute atomic E-state index is 10.4. The zero-order valence-electron chi connectivity index (χ0n) is 16.8. The minimum atomic E-state index is -1.26. The maximum atomic E-state index is 10.4. The molecule has 2 rings (SSSR count). The van der Waals surface area contributed by atoms with Gasteiger partial charge in [0.05, 0.1) is 11.7 Å². The Kier molecular flexibility index (Phi) is 7.45. The molecule has 150 valence electrons. The largest absolute Gasteiger partial charge is 0.388 e. The first kappa shape index (κ1) is 21.6. The number of hydrogen-bond acceptors (Lipinski definition) is 5. The summed E-state index contributed by atoms with van der Waals surface area (Å²) in [6.45, 7) is 10.1. The van der Waals surface area contributed by atoms with Crippen molar-refractivity contribution in [3.05, 3.63) is 23.3 Å². The molecule has 1 saturated heterocycles. The Morgan fingerprint density at radius 1 is 1.27 bits per heavy atom. The first-order valence-corrected chi connectivity index (χ1v) is 9.80. The molecule has 7 atom stereocenters. The number of aliphatic hydroxyl groups is 3. The standard InChI is InChI=1S/C21H36O5/c1-13(2)7-6-12-21(5,16-10-8-14(3)9-11-16)26-20-19(24)18(23)17(22)15(4)25-20/h7-8,15-20,22-24H,6,9-12H2,1-5H3/t15-,16-,17+,18+,19-,20+,21-/m1/s1. The SMILES string of the molecule is CC(C)=CCC[C@@](C)(O[C@@H]1O[C@H](C)[C@H](O)[C@H](O)[C@H]1O)[C@@H]1CC=C(C)CC1. The van der Waals surface area contributed by atoms with Gasteiger partial charge in [0.15, 0.2) is 6.29 Å². The second-order valence-electron chi connectivity index (χ2n) is 8.45. The molecular formula is C21H36O5. The Morgan fingerprint density at radius 2 is 1.96 bits per heavy atom. The highest BCUT2D eigenvalue weighted by molar-refractivity contribution is 5.07. The molecule has 5 nitrogen and oxygen atoms in total. The van der Waals surface area contributed by atoms with Crippen molar-refractivity contribution in [1.29, 1.82) is 0 Å². The monoisotopic (exact) mass is 368 g/mol. The highest BCUT2D eigenvalue weighted by atomic mass is 16.7. The van der Waals surface area contributed by atoms with Crippen LogP contribution in [0.15, 0.2) is 23.3 Å².